The molecule has 3 heteroatoms. The standard InChI is InChI=1S/C14H20ClNO/c1-17-10-13-9-14(15)3-2-12(13)8-11-4-6-16-7-5-11/h2-3,9,11,16H,4-8,10H2,1H3. The Morgan fingerprint density at radius 3 is 2.76 bits per heavy atom. The van der Waals surface area contributed by atoms with Crippen molar-refractivity contribution >= 4 is 11.6 Å². The molecule has 2 nitrogen and oxygen atoms in total. The first-order valence-corrected chi connectivity index (χ1v) is 6.64. The molecular formula is C14H20ClNO. The summed E-state index contributed by atoms with van der Waals surface area (Å²) in [6, 6.07) is 6.16. The van der Waals surface area contributed by atoms with Crippen LogP contribution in [-0.2, 0) is 17.8 Å². The van der Waals surface area contributed by atoms with Gasteiger partial charge in [0.05, 0.1) is 6.61 Å². The van der Waals surface area contributed by atoms with Crippen LogP contribution in [0.25, 0.3) is 0 Å². The molecule has 0 atom stereocenters. The van der Waals surface area contributed by atoms with E-state index in [9.17, 15) is 0 Å². The molecule has 1 aliphatic heterocycles. The van der Waals surface area contributed by atoms with Gasteiger partial charge in [-0.2, -0.15) is 0 Å². The van der Waals surface area contributed by atoms with E-state index in [1.807, 2.05) is 12.1 Å². The van der Waals surface area contributed by atoms with E-state index < -0.39 is 0 Å². The minimum absolute atomic E-state index is 0.654. The van der Waals surface area contributed by atoms with Crippen molar-refractivity contribution in [1.29, 1.82) is 0 Å². The molecule has 1 fully saturated rings. The number of hydrogen-bond acceptors (Lipinski definition) is 2. The van der Waals surface area contributed by atoms with Crippen LogP contribution in [0.4, 0.5) is 0 Å². The molecule has 0 unspecified atom stereocenters. The van der Waals surface area contributed by atoms with E-state index in [4.69, 9.17) is 16.3 Å². The third kappa shape index (κ3) is 3.70. The van der Waals surface area contributed by atoms with Gasteiger partial charge in [-0.15, -0.1) is 0 Å². The van der Waals surface area contributed by atoms with Crippen LogP contribution in [0.5, 0.6) is 0 Å². The molecule has 17 heavy (non-hydrogen) atoms. The van der Waals surface area contributed by atoms with Crippen LogP contribution in [0.3, 0.4) is 0 Å². The fraction of sp³-hybridized carbons (Fsp3) is 0.571. The Morgan fingerprint density at radius 1 is 1.29 bits per heavy atom. The van der Waals surface area contributed by atoms with Crippen molar-refractivity contribution in [3.8, 4) is 0 Å². The monoisotopic (exact) mass is 253 g/mol. The largest absolute Gasteiger partial charge is 0.380 e. The molecule has 2 rings (SSSR count). The third-order valence-corrected chi connectivity index (χ3v) is 3.67. The number of benzene rings is 1. The lowest BCUT2D eigenvalue weighted by Crippen LogP contribution is -2.28. The quantitative estimate of drug-likeness (QED) is 0.891. The van der Waals surface area contributed by atoms with Crippen molar-refractivity contribution in [2.75, 3.05) is 20.2 Å². The second-order valence-corrected chi connectivity index (χ2v) is 5.18. The Kier molecular flexibility index (Phi) is 4.84. The fourth-order valence-corrected chi connectivity index (χ4v) is 2.68. The molecule has 1 aromatic rings. The average molecular weight is 254 g/mol. The molecular weight excluding hydrogens is 234 g/mol. The van der Waals surface area contributed by atoms with Crippen LogP contribution in [0.15, 0.2) is 18.2 Å². The summed E-state index contributed by atoms with van der Waals surface area (Å²) in [6.45, 7) is 2.95. The first-order valence-electron chi connectivity index (χ1n) is 6.26. The normalized spacial score (nSPS) is 17.3. The van der Waals surface area contributed by atoms with Gasteiger partial charge in [0.2, 0.25) is 0 Å². The molecule has 94 valence electrons. The zero-order valence-corrected chi connectivity index (χ0v) is 11.1. The van der Waals surface area contributed by atoms with Gasteiger partial charge in [-0.1, -0.05) is 17.7 Å². The van der Waals surface area contributed by atoms with Gasteiger partial charge in [0.1, 0.15) is 0 Å². The topological polar surface area (TPSA) is 21.3 Å². The second-order valence-electron chi connectivity index (χ2n) is 4.74. The molecule has 0 amide bonds. The lowest BCUT2D eigenvalue weighted by Gasteiger charge is -2.23. The van der Waals surface area contributed by atoms with E-state index in [-0.39, 0.29) is 0 Å². The van der Waals surface area contributed by atoms with Crippen LogP contribution < -0.4 is 5.32 Å². The fourth-order valence-electron chi connectivity index (χ4n) is 2.48. The van der Waals surface area contributed by atoms with Crippen LogP contribution in [0.2, 0.25) is 5.02 Å². The molecule has 0 radical (unpaired) electrons. The van der Waals surface area contributed by atoms with Crippen LogP contribution in [0.1, 0.15) is 24.0 Å². The summed E-state index contributed by atoms with van der Waals surface area (Å²) in [5, 5.41) is 4.20. The SMILES string of the molecule is COCc1cc(Cl)ccc1CC1CCNCC1. The highest BCUT2D eigenvalue weighted by atomic mass is 35.5. The number of ether oxygens (including phenoxy) is 1. The summed E-state index contributed by atoms with van der Waals surface area (Å²) < 4.78 is 5.24. The van der Waals surface area contributed by atoms with Gasteiger partial charge in [-0.05, 0) is 61.5 Å². The summed E-state index contributed by atoms with van der Waals surface area (Å²) in [5.74, 6) is 0.799. The zero-order valence-electron chi connectivity index (χ0n) is 10.3. The summed E-state index contributed by atoms with van der Waals surface area (Å²) in [4.78, 5) is 0. The second kappa shape index (κ2) is 6.39. The molecule has 1 aliphatic rings. The smallest absolute Gasteiger partial charge is 0.0716 e. The molecule has 0 aromatic heterocycles. The van der Waals surface area contributed by atoms with E-state index in [2.05, 4.69) is 11.4 Å². The molecule has 0 bridgehead atoms. The van der Waals surface area contributed by atoms with Gasteiger partial charge in [0.25, 0.3) is 0 Å². The van der Waals surface area contributed by atoms with Gasteiger partial charge in [0, 0.05) is 12.1 Å². The van der Waals surface area contributed by atoms with Crippen LogP contribution >= 0.6 is 11.6 Å². The Bertz CT molecular complexity index is 361. The van der Waals surface area contributed by atoms with Gasteiger partial charge < -0.3 is 10.1 Å². The minimum Gasteiger partial charge on any atom is -0.380 e. The third-order valence-electron chi connectivity index (χ3n) is 3.44. The minimum atomic E-state index is 0.654. The molecule has 0 saturated carbocycles. The number of halogens is 1. The van der Waals surface area contributed by atoms with Crippen molar-refractivity contribution in [1.82, 2.24) is 5.32 Å². The highest BCUT2D eigenvalue weighted by molar-refractivity contribution is 6.30. The Hall–Kier alpha value is -0.570. The number of piperidine rings is 1. The Balaban J connectivity index is 2.07. The summed E-state index contributed by atoms with van der Waals surface area (Å²) in [5.41, 5.74) is 2.63. The van der Waals surface area contributed by atoms with Crippen molar-refractivity contribution in [2.45, 2.75) is 25.9 Å². The molecule has 0 aliphatic carbocycles. The molecule has 1 N–H and O–H groups in total. The van der Waals surface area contributed by atoms with E-state index in [0.29, 0.717) is 6.61 Å². The first kappa shape index (κ1) is 12.9. The maximum absolute atomic E-state index is 6.03. The highest BCUT2D eigenvalue weighted by Crippen LogP contribution is 2.23. The van der Waals surface area contributed by atoms with E-state index in [1.165, 1.54) is 24.0 Å². The highest BCUT2D eigenvalue weighted by Gasteiger charge is 2.15. The lowest BCUT2D eigenvalue weighted by atomic mass is 9.89. The first-order chi connectivity index (χ1) is 8.29. The number of rotatable bonds is 4. The van der Waals surface area contributed by atoms with Crippen molar-refractivity contribution in [3.63, 3.8) is 0 Å². The van der Waals surface area contributed by atoms with E-state index >= 15 is 0 Å². The number of methoxy groups -OCH3 is 1. The van der Waals surface area contributed by atoms with Crippen LogP contribution in [0, 0.1) is 5.92 Å². The Morgan fingerprint density at radius 2 is 2.06 bits per heavy atom. The summed E-state index contributed by atoms with van der Waals surface area (Å²) in [7, 11) is 1.73. The summed E-state index contributed by atoms with van der Waals surface area (Å²) in [6.07, 6.45) is 3.70. The van der Waals surface area contributed by atoms with Crippen molar-refractivity contribution < 1.29 is 4.74 Å². The molecule has 1 heterocycles. The lowest BCUT2D eigenvalue weighted by molar-refractivity contribution is 0.183. The maximum Gasteiger partial charge on any atom is 0.0716 e. The van der Waals surface area contributed by atoms with Crippen LogP contribution in [-0.4, -0.2) is 20.2 Å². The average Bonchev–Trinajstić information content (AvgIpc) is 2.34. The van der Waals surface area contributed by atoms with E-state index in [0.717, 1.165) is 30.5 Å². The number of nitrogens with one attached hydrogen (secondary N) is 1. The molecule has 1 aromatic carbocycles. The zero-order chi connectivity index (χ0) is 12.1. The van der Waals surface area contributed by atoms with E-state index in [1.54, 1.807) is 7.11 Å². The Labute approximate surface area is 108 Å². The maximum atomic E-state index is 6.03. The predicted molar refractivity (Wildman–Crippen MR) is 71.5 cm³/mol. The summed E-state index contributed by atoms with van der Waals surface area (Å²) >= 11 is 6.03. The van der Waals surface area contributed by atoms with Gasteiger partial charge in [-0.25, -0.2) is 0 Å². The molecule has 1 saturated heterocycles. The number of hydrogen-bond donors (Lipinski definition) is 1. The predicted octanol–water partition coefficient (Wildman–Crippen LogP) is 3.03. The van der Waals surface area contributed by atoms with Gasteiger partial charge in [-0.3, -0.25) is 0 Å². The van der Waals surface area contributed by atoms with Crippen molar-refractivity contribution in [3.05, 3.63) is 34.3 Å². The van der Waals surface area contributed by atoms with Crippen molar-refractivity contribution in [2.24, 2.45) is 5.92 Å². The molecule has 0 spiro atoms. The van der Waals surface area contributed by atoms with Gasteiger partial charge >= 0.3 is 0 Å². The van der Waals surface area contributed by atoms with Gasteiger partial charge in [0.15, 0.2) is 0 Å².